The minimum absolute atomic E-state index is 0.643. The number of fused-ring (bicyclic) bond motifs is 3. The topological polar surface area (TPSA) is 41.9 Å². The Bertz CT molecular complexity index is 3630. The zero-order valence-electron chi connectivity index (χ0n) is 36.9. The third-order valence-corrected chi connectivity index (χ3v) is 13.8. The van der Waals surface area contributed by atoms with Gasteiger partial charge in [-0.25, -0.2) is 15.0 Å². The molecule has 0 bridgehead atoms. The van der Waals surface area contributed by atoms with Gasteiger partial charge in [-0.1, -0.05) is 218 Å². The number of nitrogens with zero attached hydrogens (tertiary/aromatic N) is 4. The summed E-state index contributed by atoms with van der Waals surface area (Å²) in [6.45, 7) is 0. The number of rotatable bonds is 10. The molecule has 2 heterocycles. The van der Waals surface area contributed by atoms with E-state index in [9.17, 15) is 0 Å². The SMILES string of the molecule is c1ccc(-c2ccc(N(c3ccc(-c4cccc5c4sc4c(-c6ccc(-c7nc(-c8ccccc8)nc(-c8ccccc8)n7)cc6)cccc45)cc3)c3cccc(-c4ccccc4)c3)cc2)cc1. The van der Waals surface area contributed by atoms with Crippen LogP contribution in [0.3, 0.4) is 0 Å². The molecular weight excluding hydrogens is 845 g/mol. The van der Waals surface area contributed by atoms with Crippen LogP contribution >= 0.6 is 11.3 Å². The molecule has 0 fully saturated rings. The average Bonchev–Trinajstić information content (AvgIpc) is 3.82. The molecule has 320 valence electrons. The van der Waals surface area contributed by atoms with Crippen LogP contribution in [0.15, 0.2) is 255 Å². The van der Waals surface area contributed by atoms with Gasteiger partial charge in [0.25, 0.3) is 0 Å². The largest absolute Gasteiger partial charge is 0.310 e. The molecule has 0 amide bonds. The van der Waals surface area contributed by atoms with Gasteiger partial charge in [-0.05, 0) is 80.9 Å². The monoisotopic (exact) mass is 886 g/mol. The van der Waals surface area contributed by atoms with Gasteiger partial charge < -0.3 is 4.90 Å². The van der Waals surface area contributed by atoms with E-state index in [1.165, 1.54) is 59.1 Å². The Hall–Kier alpha value is -8.77. The highest BCUT2D eigenvalue weighted by atomic mass is 32.1. The van der Waals surface area contributed by atoms with E-state index >= 15 is 0 Å². The van der Waals surface area contributed by atoms with Crippen LogP contribution in [0.5, 0.6) is 0 Å². The first-order valence-corrected chi connectivity index (χ1v) is 23.7. The summed E-state index contributed by atoms with van der Waals surface area (Å²) in [6, 6.07) is 90.2. The second-order valence-corrected chi connectivity index (χ2v) is 17.8. The molecule has 4 nitrogen and oxygen atoms in total. The average molecular weight is 887 g/mol. The maximum Gasteiger partial charge on any atom is 0.164 e. The van der Waals surface area contributed by atoms with Gasteiger partial charge in [-0.2, -0.15) is 0 Å². The van der Waals surface area contributed by atoms with E-state index in [0.29, 0.717) is 17.5 Å². The summed E-state index contributed by atoms with van der Waals surface area (Å²) in [5.41, 5.74) is 15.6. The molecule has 0 aliphatic heterocycles. The molecule has 12 rings (SSSR count). The molecule has 2 aromatic heterocycles. The predicted molar refractivity (Wildman–Crippen MR) is 285 cm³/mol. The van der Waals surface area contributed by atoms with Crippen molar-refractivity contribution >= 4 is 48.6 Å². The first kappa shape index (κ1) is 40.7. The minimum Gasteiger partial charge on any atom is -0.310 e. The van der Waals surface area contributed by atoms with Crippen molar-refractivity contribution in [3.8, 4) is 78.7 Å². The van der Waals surface area contributed by atoms with Crippen LogP contribution in [-0.2, 0) is 0 Å². The summed E-state index contributed by atoms with van der Waals surface area (Å²) in [4.78, 5) is 17.2. The van der Waals surface area contributed by atoms with E-state index in [4.69, 9.17) is 15.0 Å². The van der Waals surface area contributed by atoms with Gasteiger partial charge >= 0.3 is 0 Å². The lowest BCUT2D eigenvalue weighted by atomic mass is 9.99. The molecule has 0 N–H and O–H groups in total. The standard InChI is InChI=1S/C63H42N4S/c1-5-16-43(17-6-1)45-34-38-52(39-35-45)67(54-25-13-24-51(42-54)44-18-7-2-8-19-44)53-40-36-47(37-41-53)56-27-15-29-58-57-28-14-26-55(59(57)68-60(56)58)46-30-32-50(33-31-46)63-65-61(48-20-9-3-10-21-48)64-62(66-63)49-22-11-4-12-23-49/h1-42H. The van der Waals surface area contributed by atoms with E-state index in [1.807, 2.05) is 72.0 Å². The number of benzene rings is 10. The fourth-order valence-electron chi connectivity index (χ4n) is 9.14. The maximum atomic E-state index is 4.97. The Morgan fingerprint density at radius 1 is 0.250 bits per heavy atom. The van der Waals surface area contributed by atoms with Gasteiger partial charge in [0.1, 0.15) is 0 Å². The Balaban J connectivity index is 0.892. The van der Waals surface area contributed by atoms with Gasteiger partial charge in [-0.15, -0.1) is 11.3 Å². The highest BCUT2D eigenvalue weighted by Crippen LogP contribution is 2.45. The Labute approximate surface area is 399 Å². The number of hydrogen-bond donors (Lipinski definition) is 0. The fourth-order valence-corrected chi connectivity index (χ4v) is 10.5. The van der Waals surface area contributed by atoms with Gasteiger partial charge in [-0.3, -0.25) is 0 Å². The summed E-state index contributed by atoms with van der Waals surface area (Å²) in [7, 11) is 0. The van der Waals surface area contributed by atoms with Crippen molar-refractivity contribution in [1.29, 1.82) is 0 Å². The number of anilines is 3. The van der Waals surface area contributed by atoms with Crippen molar-refractivity contribution in [3.05, 3.63) is 255 Å². The predicted octanol–water partition coefficient (Wildman–Crippen LogP) is 17.4. The van der Waals surface area contributed by atoms with Gasteiger partial charge in [0.15, 0.2) is 17.5 Å². The molecule has 0 saturated heterocycles. The summed E-state index contributed by atoms with van der Waals surface area (Å²) in [6.07, 6.45) is 0. The summed E-state index contributed by atoms with van der Waals surface area (Å²) >= 11 is 1.86. The van der Waals surface area contributed by atoms with Crippen LogP contribution in [-0.4, -0.2) is 15.0 Å². The number of thiophene rings is 1. The maximum absolute atomic E-state index is 4.97. The highest BCUT2D eigenvalue weighted by Gasteiger charge is 2.18. The Kier molecular flexibility index (Phi) is 10.7. The molecule has 10 aromatic carbocycles. The molecular formula is C63H42N4S. The third-order valence-electron chi connectivity index (χ3n) is 12.6. The molecule has 0 unspecified atom stereocenters. The van der Waals surface area contributed by atoms with E-state index in [2.05, 4.69) is 199 Å². The van der Waals surface area contributed by atoms with Crippen molar-refractivity contribution in [2.24, 2.45) is 0 Å². The second-order valence-electron chi connectivity index (χ2n) is 16.8. The zero-order chi connectivity index (χ0) is 45.2. The molecule has 5 heteroatoms. The van der Waals surface area contributed by atoms with Gasteiger partial charge in [0.2, 0.25) is 0 Å². The summed E-state index contributed by atoms with van der Waals surface area (Å²) < 4.78 is 2.54. The van der Waals surface area contributed by atoms with Crippen LogP contribution < -0.4 is 4.90 Å². The van der Waals surface area contributed by atoms with Crippen LogP contribution in [0.1, 0.15) is 0 Å². The zero-order valence-corrected chi connectivity index (χ0v) is 37.8. The van der Waals surface area contributed by atoms with E-state index in [1.54, 1.807) is 0 Å². The fraction of sp³-hybridized carbons (Fsp3) is 0. The van der Waals surface area contributed by atoms with Crippen molar-refractivity contribution in [1.82, 2.24) is 15.0 Å². The molecule has 0 aliphatic carbocycles. The second kappa shape index (κ2) is 17.9. The molecule has 68 heavy (non-hydrogen) atoms. The van der Waals surface area contributed by atoms with E-state index in [-0.39, 0.29) is 0 Å². The van der Waals surface area contributed by atoms with Crippen molar-refractivity contribution in [2.45, 2.75) is 0 Å². The van der Waals surface area contributed by atoms with Gasteiger partial charge in [0, 0.05) is 53.9 Å². The van der Waals surface area contributed by atoms with Crippen LogP contribution in [0.2, 0.25) is 0 Å². The third kappa shape index (κ3) is 7.91. The lowest BCUT2D eigenvalue weighted by Crippen LogP contribution is -2.10. The Morgan fingerprint density at radius 3 is 1.06 bits per heavy atom. The van der Waals surface area contributed by atoms with Crippen molar-refractivity contribution < 1.29 is 0 Å². The molecule has 0 radical (unpaired) electrons. The normalized spacial score (nSPS) is 11.2. The van der Waals surface area contributed by atoms with Gasteiger partial charge in [0.05, 0.1) is 0 Å². The lowest BCUT2D eigenvalue weighted by Gasteiger charge is -2.26. The molecule has 0 saturated carbocycles. The van der Waals surface area contributed by atoms with Crippen LogP contribution in [0, 0.1) is 0 Å². The summed E-state index contributed by atoms with van der Waals surface area (Å²) in [5, 5.41) is 2.51. The van der Waals surface area contributed by atoms with Crippen molar-refractivity contribution in [3.63, 3.8) is 0 Å². The molecule has 0 spiro atoms. The van der Waals surface area contributed by atoms with E-state index in [0.717, 1.165) is 39.3 Å². The first-order valence-electron chi connectivity index (χ1n) is 22.8. The van der Waals surface area contributed by atoms with Crippen LogP contribution in [0.4, 0.5) is 17.1 Å². The highest BCUT2D eigenvalue weighted by molar-refractivity contribution is 7.26. The lowest BCUT2D eigenvalue weighted by molar-refractivity contribution is 1.07. The van der Waals surface area contributed by atoms with Crippen LogP contribution in [0.25, 0.3) is 98.8 Å². The van der Waals surface area contributed by atoms with E-state index < -0.39 is 0 Å². The quantitative estimate of drug-likeness (QED) is 0.137. The number of hydrogen-bond acceptors (Lipinski definition) is 5. The first-order chi connectivity index (χ1) is 33.7. The van der Waals surface area contributed by atoms with Crippen molar-refractivity contribution in [2.75, 3.05) is 4.90 Å². The smallest absolute Gasteiger partial charge is 0.164 e. The molecule has 12 aromatic rings. The number of aromatic nitrogens is 3. The Morgan fingerprint density at radius 2 is 0.588 bits per heavy atom. The molecule has 0 aliphatic rings. The molecule has 0 atom stereocenters. The minimum atomic E-state index is 0.643. The summed E-state index contributed by atoms with van der Waals surface area (Å²) in [5.74, 6) is 1.95.